The topological polar surface area (TPSA) is 89.7 Å². The summed E-state index contributed by atoms with van der Waals surface area (Å²) in [7, 11) is 0. The third kappa shape index (κ3) is 24.5. The molecule has 0 atom stereocenters. The molecule has 56 heavy (non-hydrogen) atoms. The highest BCUT2D eigenvalue weighted by Crippen LogP contribution is 2.45. The number of azo groups is 1. The second kappa shape index (κ2) is 35.1. The number of carboxylic acids is 1. The lowest BCUT2D eigenvalue weighted by molar-refractivity contribution is 0.0697. The van der Waals surface area contributed by atoms with Crippen LogP contribution < -0.4 is 14.2 Å². The third-order valence-electron chi connectivity index (χ3n) is 10.7. The molecule has 2 aromatic carbocycles. The van der Waals surface area contributed by atoms with E-state index in [1.165, 1.54) is 161 Å². The molecule has 2 aromatic rings. The van der Waals surface area contributed by atoms with Crippen LogP contribution in [-0.4, -0.2) is 30.9 Å². The number of nitrogens with zero attached hydrogens (tertiary/aromatic N) is 2. The van der Waals surface area contributed by atoms with Crippen LogP contribution in [-0.2, 0) is 0 Å². The maximum absolute atomic E-state index is 11.4. The van der Waals surface area contributed by atoms with Gasteiger partial charge in [0, 0.05) is 0 Å². The average Bonchev–Trinajstić information content (AvgIpc) is 3.21. The lowest BCUT2D eigenvalue weighted by Gasteiger charge is -2.18. The Balaban J connectivity index is 2.08. The van der Waals surface area contributed by atoms with Gasteiger partial charge in [0.2, 0.25) is 5.75 Å². The molecule has 1 N–H and O–H groups in total. The fourth-order valence-electron chi connectivity index (χ4n) is 7.08. The van der Waals surface area contributed by atoms with Crippen LogP contribution in [0.2, 0.25) is 0 Å². The van der Waals surface area contributed by atoms with Gasteiger partial charge in [-0.3, -0.25) is 0 Å². The lowest BCUT2D eigenvalue weighted by atomic mass is 10.1. The van der Waals surface area contributed by atoms with Gasteiger partial charge in [-0.05, 0) is 55.7 Å². The Kier molecular flexibility index (Phi) is 30.8. The van der Waals surface area contributed by atoms with Gasteiger partial charge in [-0.1, -0.05) is 194 Å². The van der Waals surface area contributed by atoms with Crippen molar-refractivity contribution in [2.45, 2.75) is 213 Å². The fraction of sp³-hybridized carbons (Fsp3) is 0.735. The standard InChI is InChI=1S/C49H82N2O5/c1-4-7-10-13-16-19-22-25-28-31-40-54-46-39-38-45(51-50-44-36-34-43(35-37-44)49(52)53)47(55-41-32-29-26-23-20-17-14-11-8-5-2)48(46)56-42-33-30-27-24-21-18-15-12-9-6-3/h34-39H,4-33,40-42H2,1-3H3,(H,52,53). The van der Waals surface area contributed by atoms with Crippen molar-refractivity contribution >= 4 is 17.3 Å². The van der Waals surface area contributed by atoms with Gasteiger partial charge in [-0.2, -0.15) is 5.11 Å². The first kappa shape index (κ1) is 49.1. The Hall–Kier alpha value is -3.09. The molecule has 2 rings (SSSR count). The number of aromatic carboxylic acids is 1. The molecule has 0 unspecified atom stereocenters. The molecule has 0 heterocycles. The highest BCUT2D eigenvalue weighted by atomic mass is 16.5. The number of hydrogen-bond acceptors (Lipinski definition) is 6. The van der Waals surface area contributed by atoms with Crippen LogP contribution >= 0.6 is 0 Å². The molecule has 0 bridgehead atoms. The number of benzene rings is 2. The minimum absolute atomic E-state index is 0.219. The van der Waals surface area contributed by atoms with E-state index in [2.05, 4.69) is 31.0 Å². The van der Waals surface area contributed by atoms with Crippen molar-refractivity contribution in [3.05, 3.63) is 42.0 Å². The van der Waals surface area contributed by atoms with E-state index in [9.17, 15) is 9.90 Å². The van der Waals surface area contributed by atoms with Crippen LogP contribution in [0.3, 0.4) is 0 Å². The molecule has 318 valence electrons. The van der Waals surface area contributed by atoms with E-state index in [0.29, 0.717) is 48.4 Å². The van der Waals surface area contributed by atoms with Crippen molar-refractivity contribution in [1.82, 2.24) is 0 Å². The molecule has 0 aromatic heterocycles. The summed E-state index contributed by atoms with van der Waals surface area (Å²) in [6.45, 7) is 8.62. The smallest absolute Gasteiger partial charge is 0.335 e. The zero-order valence-electron chi connectivity index (χ0n) is 36.3. The Bertz CT molecular complexity index is 1250. The van der Waals surface area contributed by atoms with E-state index < -0.39 is 5.97 Å². The number of hydrogen-bond donors (Lipinski definition) is 1. The number of carbonyl (C=O) groups is 1. The van der Waals surface area contributed by atoms with Crippen molar-refractivity contribution in [1.29, 1.82) is 0 Å². The number of ether oxygens (including phenoxy) is 3. The molecule has 7 heteroatoms. The number of carboxylic acid groups (broad SMARTS) is 1. The Morgan fingerprint density at radius 3 is 1.18 bits per heavy atom. The number of unbranched alkanes of at least 4 members (excludes halogenated alkanes) is 27. The van der Waals surface area contributed by atoms with Crippen LogP contribution in [0.15, 0.2) is 46.6 Å². The summed E-state index contributed by atoms with van der Waals surface area (Å²) in [5.74, 6) is 0.946. The molecule has 0 saturated carbocycles. The Morgan fingerprint density at radius 1 is 0.429 bits per heavy atom. The predicted molar refractivity (Wildman–Crippen MR) is 236 cm³/mol. The predicted octanol–water partition coefficient (Wildman–Crippen LogP) is 16.7. The summed E-state index contributed by atoms with van der Waals surface area (Å²) >= 11 is 0. The quantitative estimate of drug-likeness (QED) is 0.0539. The second-order valence-electron chi connectivity index (χ2n) is 15.9. The maximum Gasteiger partial charge on any atom is 0.335 e. The van der Waals surface area contributed by atoms with E-state index in [1.807, 2.05) is 12.1 Å². The first-order chi connectivity index (χ1) is 27.6. The summed E-state index contributed by atoms with van der Waals surface area (Å²) in [5, 5.41) is 18.4. The summed E-state index contributed by atoms with van der Waals surface area (Å²) in [6, 6.07) is 10.3. The summed E-state index contributed by atoms with van der Waals surface area (Å²) in [6.07, 6.45) is 38.2. The van der Waals surface area contributed by atoms with Gasteiger partial charge in [0.25, 0.3) is 0 Å². The molecular formula is C49H82N2O5. The van der Waals surface area contributed by atoms with Crippen LogP contribution in [0, 0.1) is 0 Å². The zero-order valence-corrected chi connectivity index (χ0v) is 36.3. The van der Waals surface area contributed by atoms with Crippen LogP contribution in [0.5, 0.6) is 17.2 Å². The molecule has 0 radical (unpaired) electrons. The van der Waals surface area contributed by atoms with Crippen molar-refractivity contribution in [3.63, 3.8) is 0 Å². The molecule has 0 saturated heterocycles. The molecule has 0 aliphatic rings. The van der Waals surface area contributed by atoms with Gasteiger partial charge in [0.15, 0.2) is 11.5 Å². The highest BCUT2D eigenvalue weighted by molar-refractivity contribution is 5.87. The van der Waals surface area contributed by atoms with Crippen molar-refractivity contribution < 1.29 is 24.1 Å². The molecule has 0 spiro atoms. The first-order valence-corrected chi connectivity index (χ1v) is 23.4. The highest BCUT2D eigenvalue weighted by Gasteiger charge is 2.19. The third-order valence-corrected chi connectivity index (χ3v) is 10.7. The maximum atomic E-state index is 11.4. The van der Waals surface area contributed by atoms with Crippen LogP contribution in [0.4, 0.5) is 11.4 Å². The Labute approximate surface area is 343 Å². The zero-order chi connectivity index (χ0) is 40.2. The van der Waals surface area contributed by atoms with Gasteiger partial charge in [-0.15, -0.1) is 5.11 Å². The van der Waals surface area contributed by atoms with Crippen molar-refractivity contribution in [2.75, 3.05) is 19.8 Å². The normalized spacial score (nSPS) is 11.4. The first-order valence-electron chi connectivity index (χ1n) is 23.4. The van der Waals surface area contributed by atoms with E-state index in [0.717, 1.165) is 32.1 Å². The Morgan fingerprint density at radius 2 is 0.786 bits per heavy atom. The summed E-state index contributed by atoms with van der Waals surface area (Å²) < 4.78 is 19.5. The van der Waals surface area contributed by atoms with Gasteiger partial charge in [0.05, 0.1) is 31.1 Å². The summed E-state index contributed by atoms with van der Waals surface area (Å²) in [5.41, 5.74) is 1.38. The van der Waals surface area contributed by atoms with Crippen LogP contribution in [0.25, 0.3) is 0 Å². The van der Waals surface area contributed by atoms with E-state index in [-0.39, 0.29) is 5.56 Å². The SMILES string of the molecule is CCCCCCCCCCCCOc1ccc(N=Nc2ccc(C(=O)O)cc2)c(OCCCCCCCCCCCC)c1OCCCCCCCCCCCC. The van der Waals surface area contributed by atoms with Gasteiger partial charge in [-0.25, -0.2) is 4.79 Å². The summed E-state index contributed by atoms with van der Waals surface area (Å²) in [4.78, 5) is 11.4. The van der Waals surface area contributed by atoms with Gasteiger partial charge in [0.1, 0.15) is 5.69 Å². The molecule has 0 aliphatic carbocycles. The van der Waals surface area contributed by atoms with Crippen LogP contribution in [0.1, 0.15) is 224 Å². The average molecular weight is 779 g/mol. The van der Waals surface area contributed by atoms with Gasteiger partial charge >= 0.3 is 5.97 Å². The monoisotopic (exact) mass is 779 g/mol. The largest absolute Gasteiger partial charge is 0.490 e. The molecule has 0 amide bonds. The van der Waals surface area contributed by atoms with Gasteiger partial charge < -0.3 is 19.3 Å². The second-order valence-corrected chi connectivity index (χ2v) is 15.9. The van der Waals surface area contributed by atoms with Crippen molar-refractivity contribution in [2.24, 2.45) is 10.2 Å². The molecule has 7 nitrogen and oxygen atoms in total. The van der Waals surface area contributed by atoms with Crippen molar-refractivity contribution in [3.8, 4) is 17.2 Å². The lowest BCUT2D eigenvalue weighted by Crippen LogP contribution is -2.06. The molecular weight excluding hydrogens is 697 g/mol. The number of rotatable bonds is 39. The molecule has 0 aliphatic heterocycles. The minimum Gasteiger partial charge on any atom is -0.490 e. The van der Waals surface area contributed by atoms with E-state index in [1.54, 1.807) is 24.3 Å². The fourth-order valence-corrected chi connectivity index (χ4v) is 7.08. The molecule has 0 fully saturated rings. The van der Waals surface area contributed by atoms with E-state index in [4.69, 9.17) is 14.2 Å². The van der Waals surface area contributed by atoms with E-state index >= 15 is 0 Å². The minimum atomic E-state index is -0.964.